The summed E-state index contributed by atoms with van der Waals surface area (Å²) in [6.45, 7) is 3.39. The minimum atomic E-state index is -0.987. The number of carbonyl (C=O) groups is 2. The van der Waals surface area contributed by atoms with E-state index in [9.17, 15) is 14.4 Å². The Morgan fingerprint density at radius 3 is 2.78 bits per heavy atom. The molecule has 0 aliphatic carbocycles. The third kappa shape index (κ3) is 4.32. The van der Waals surface area contributed by atoms with E-state index in [-0.39, 0.29) is 13.0 Å². The molecule has 1 aromatic carbocycles. The second kappa shape index (κ2) is 6.95. The van der Waals surface area contributed by atoms with Crippen LogP contribution in [0.4, 0.5) is 0 Å². The van der Waals surface area contributed by atoms with Gasteiger partial charge in [0.25, 0.3) is 5.91 Å². The predicted octanol–water partition coefficient (Wildman–Crippen LogP) is 1.46. The first-order valence-corrected chi connectivity index (χ1v) is 7.07. The molecular formula is C16H17NO6. The lowest BCUT2D eigenvalue weighted by molar-refractivity contribution is -0.137. The van der Waals surface area contributed by atoms with Gasteiger partial charge >= 0.3 is 11.6 Å². The van der Waals surface area contributed by atoms with Gasteiger partial charge in [-0.05, 0) is 31.5 Å². The van der Waals surface area contributed by atoms with Crippen molar-refractivity contribution in [1.29, 1.82) is 0 Å². The van der Waals surface area contributed by atoms with E-state index in [1.807, 2.05) is 0 Å². The van der Waals surface area contributed by atoms with Crippen molar-refractivity contribution in [2.45, 2.75) is 26.4 Å². The number of benzene rings is 1. The number of aryl methyl sites for hydroxylation is 1. The second-order valence-electron chi connectivity index (χ2n) is 5.10. The summed E-state index contributed by atoms with van der Waals surface area (Å²) in [5.41, 5.74) is 0.722. The molecule has 1 atom stereocenters. The molecule has 0 aliphatic heterocycles. The molecule has 0 saturated heterocycles. The van der Waals surface area contributed by atoms with Crippen molar-refractivity contribution in [1.82, 2.24) is 5.32 Å². The zero-order valence-corrected chi connectivity index (χ0v) is 12.8. The van der Waals surface area contributed by atoms with Crippen LogP contribution < -0.4 is 15.7 Å². The van der Waals surface area contributed by atoms with Crippen molar-refractivity contribution in [2.75, 3.05) is 6.54 Å². The number of carboxylic acid groups (broad SMARTS) is 1. The maximum absolute atomic E-state index is 11.8. The minimum Gasteiger partial charge on any atom is -0.481 e. The maximum Gasteiger partial charge on any atom is 0.336 e. The molecule has 2 rings (SSSR count). The summed E-state index contributed by atoms with van der Waals surface area (Å²) >= 11 is 0. The van der Waals surface area contributed by atoms with Crippen LogP contribution in [-0.4, -0.2) is 29.6 Å². The molecule has 0 fully saturated rings. The molecule has 2 aromatic rings. The molecule has 1 unspecified atom stereocenters. The molecule has 122 valence electrons. The zero-order valence-electron chi connectivity index (χ0n) is 12.8. The number of aliphatic carboxylic acids is 1. The first-order chi connectivity index (χ1) is 10.9. The van der Waals surface area contributed by atoms with Gasteiger partial charge < -0.3 is 19.6 Å². The topological polar surface area (TPSA) is 106 Å². The molecule has 0 radical (unpaired) electrons. The molecule has 23 heavy (non-hydrogen) atoms. The Morgan fingerprint density at radius 2 is 2.09 bits per heavy atom. The van der Waals surface area contributed by atoms with Crippen LogP contribution in [0.5, 0.6) is 5.75 Å². The summed E-state index contributed by atoms with van der Waals surface area (Å²) in [6, 6.07) is 6.38. The van der Waals surface area contributed by atoms with E-state index in [1.165, 1.54) is 6.07 Å². The van der Waals surface area contributed by atoms with E-state index in [0.29, 0.717) is 11.3 Å². The number of rotatable bonds is 6. The van der Waals surface area contributed by atoms with Crippen LogP contribution in [0.25, 0.3) is 11.0 Å². The Bertz CT molecular complexity index is 795. The van der Waals surface area contributed by atoms with Crippen LogP contribution in [-0.2, 0) is 9.59 Å². The minimum absolute atomic E-state index is 0.0354. The van der Waals surface area contributed by atoms with Gasteiger partial charge in [0.05, 0.1) is 6.42 Å². The maximum atomic E-state index is 11.8. The van der Waals surface area contributed by atoms with E-state index >= 15 is 0 Å². The molecule has 7 heteroatoms. The lowest BCUT2D eigenvalue weighted by atomic mass is 10.1. The van der Waals surface area contributed by atoms with Crippen molar-refractivity contribution >= 4 is 22.8 Å². The predicted molar refractivity (Wildman–Crippen MR) is 82.6 cm³/mol. The highest BCUT2D eigenvalue weighted by molar-refractivity contribution is 5.83. The number of nitrogens with one attached hydrogen (secondary N) is 1. The number of hydrogen-bond acceptors (Lipinski definition) is 5. The lowest BCUT2D eigenvalue weighted by Gasteiger charge is -2.14. The fourth-order valence-corrected chi connectivity index (χ4v) is 2.07. The van der Waals surface area contributed by atoms with Gasteiger partial charge in [-0.25, -0.2) is 4.79 Å². The number of amides is 1. The van der Waals surface area contributed by atoms with Crippen molar-refractivity contribution in [3.05, 3.63) is 40.2 Å². The van der Waals surface area contributed by atoms with Crippen LogP contribution in [0.2, 0.25) is 0 Å². The largest absolute Gasteiger partial charge is 0.481 e. The number of fused-ring (bicyclic) bond motifs is 1. The Kier molecular flexibility index (Phi) is 5.00. The lowest BCUT2D eigenvalue weighted by Crippen LogP contribution is -2.37. The van der Waals surface area contributed by atoms with E-state index in [4.69, 9.17) is 14.3 Å². The summed E-state index contributed by atoms with van der Waals surface area (Å²) in [5.74, 6) is -1.03. The summed E-state index contributed by atoms with van der Waals surface area (Å²) < 4.78 is 10.6. The van der Waals surface area contributed by atoms with Gasteiger partial charge in [-0.3, -0.25) is 9.59 Å². The fraction of sp³-hybridized carbons (Fsp3) is 0.312. The standard InChI is InChI=1S/C16H17NO6/c1-9-7-15(20)23-13-8-11(3-4-12(9)13)22-10(2)16(21)17-6-5-14(18)19/h3-4,7-8,10H,5-6H2,1-2H3,(H,17,21)(H,18,19). The molecular weight excluding hydrogens is 302 g/mol. The second-order valence-corrected chi connectivity index (χ2v) is 5.10. The summed E-state index contributed by atoms with van der Waals surface area (Å²) in [7, 11) is 0. The van der Waals surface area contributed by atoms with Gasteiger partial charge in [0.15, 0.2) is 6.10 Å². The third-order valence-electron chi connectivity index (χ3n) is 3.24. The number of ether oxygens (including phenoxy) is 1. The van der Waals surface area contributed by atoms with Gasteiger partial charge in [-0.15, -0.1) is 0 Å². The summed E-state index contributed by atoms with van der Waals surface area (Å²) in [6.07, 6.45) is -0.962. The van der Waals surface area contributed by atoms with Crippen LogP contribution in [0.1, 0.15) is 18.9 Å². The van der Waals surface area contributed by atoms with Crippen molar-refractivity contribution in [3.8, 4) is 5.75 Å². The van der Waals surface area contributed by atoms with E-state index in [2.05, 4.69) is 5.32 Å². The van der Waals surface area contributed by atoms with Crippen LogP contribution in [0.3, 0.4) is 0 Å². The molecule has 0 saturated carbocycles. The van der Waals surface area contributed by atoms with E-state index in [1.54, 1.807) is 32.0 Å². The van der Waals surface area contributed by atoms with Crippen molar-refractivity contribution in [3.63, 3.8) is 0 Å². The SMILES string of the molecule is Cc1cc(=O)oc2cc(OC(C)C(=O)NCCC(=O)O)ccc12. The first kappa shape index (κ1) is 16.5. The normalized spacial score (nSPS) is 11.9. The highest BCUT2D eigenvalue weighted by atomic mass is 16.5. The molecule has 0 aliphatic rings. The van der Waals surface area contributed by atoms with Crippen LogP contribution in [0, 0.1) is 6.92 Å². The van der Waals surface area contributed by atoms with Crippen molar-refractivity contribution in [2.24, 2.45) is 0 Å². The average Bonchev–Trinajstić information content (AvgIpc) is 2.46. The van der Waals surface area contributed by atoms with Gasteiger partial charge in [0, 0.05) is 24.1 Å². The monoisotopic (exact) mass is 319 g/mol. The molecule has 1 amide bonds. The molecule has 2 N–H and O–H groups in total. The van der Waals surface area contributed by atoms with Gasteiger partial charge in [-0.2, -0.15) is 0 Å². The Labute approximate surface area is 131 Å². The first-order valence-electron chi connectivity index (χ1n) is 7.07. The molecule has 1 aromatic heterocycles. The van der Waals surface area contributed by atoms with Gasteiger partial charge in [0.2, 0.25) is 0 Å². The smallest absolute Gasteiger partial charge is 0.336 e. The van der Waals surface area contributed by atoms with Crippen LogP contribution >= 0.6 is 0 Å². The highest BCUT2D eigenvalue weighted by Gasteiger charge is 2.15. The molecule has 7 nitrogen and oxygen atoms in total. The quantitative estimate of drug-likeness (QED) is 0.781. The Morgan fingerprint density at radius 1 is 1.35 bits per heavy atom. The number of carbonyl (C=O) groups excluding carboxylic acids is 1. The van der Waals surface area contributed by atoms with Crippen molar-refractivity contribution < 1.29 is 23.8 Å². The average molecular weight is 319 g/mol. The summed E-state index contributed by atoms with van der Waals surface area (Å²) in [4.78, 5) is 33.6. The molecule has 0 bridgehead atoms. The molecule has 0 spiro atoms. The fourth-order valence-electron chi connectivity index (χ4n) is 2.07. The van der Waals surface area contributed by atoms with Gasteiger partial charge in [0.1, 0.15) is 11.3 Å². The third-order valence-corrected chi connectivity index (χ3v) is 3.24. The van der Waals surface area contributed by atoms with Crippen LogP contribution in [0.15, 0.2) is 33.5 Å². The summed E-state index contributed by atoms with van der Waals surface area (Å²) in [5, 5.41) is 11.8. The number of carboxylic acids is 1. The Hall–Kier alpha value is -2.83. The highest BCUT2D eigenvalue weighted by Crippen LogP contribution is 2.22. The van der Waals surface area contributed by atoms with Gasteiger partial charge in [-0.1, -0.05) is 0 Å². The van der Waals surface area contributed by atoms with E-state index in [0.717, 1.165) is 10.9 Å². The zero-order chi connectivity index (χ0) is 17.0. The molecule has 1 heterocycles. The van der Waals surface area contributed by atoms with E-state index < -0.39 is 23.6 Å². The Balaban J connectivity index is 2.07. The number of hydrogen-bond donors (Lipinski definition) is 2.